The van der Waals surface area contributed by atoms with Crippen LogP contribution in [0.5, 0.6) is 0 Å². The number of hydrogen-bond acceptors (Lipinski definition) is 8. The number of aliphatic hydroxyl groups excluding tert-OH is 2. The number of nitrogens with two attached hydrogens (primary N) is 1. The molecule has 1 saturated heterocycles. The number of alkyl halides is 1. The summed E-state index contributed by atoms with van der Waals surface area (Å²) in [5.41, 5.74) is 6.14. The molecule has 3 rings (SSSR count). The molecule has 1 aromatic rings. The number of aromatic nitrogens is 2. The highest BCUT2D eigenvalue weighted by Gasteiger charge is 2.48. The van der Waals surface area contributed by atoms with E-state index in [1.165, 1.54) is 4.90 Å². The summed E-state index contributed by atoms with van der Waals surface area (Å²) >= 11 is 5.74. The maximum absolute atomic E-state index is 14.1. The van der Waals surface area contributed by atoms with Gasteiger partial charge in [0, 0.05) is 0 Å². The van der Waals surface area contributed by atoms with Crippen molar-refractivity contribution in [3.63, 3.8) is 0 Å². The van der Waals surface area contributed by atoms with Gasteiger partial charge < -0.3 is 30.9 Å². The summed E-state index contributed by atoms with van der Waals surface area (Å²) in [4.78, 5) is 9.24. The quantitative estimate of drug-likeness (QED) is 0.531. The maximum atomic E-state index is 14.1. The molecular weight excluding hydrogens is 293 g/mol. The first-order chi connectivity index (χ1) is 9.52. The van der Waals surface area contributed by atoms with E-state index in [1.807, 2.05) is 0 Å². The van der Waals surface area contributed by atoms with Crippen molar-refractivity contribution in [2.75, 3.05) is 29.2 Å². The number of halogens is 2. The third kappa shape index (κ3) is 1.94. The molecule has 0 spiro atoms. The van der Waals surface area contributed by atoms with Crippen LogP contribution < -0.4 is 16.0 Å². The summed E-state index contributed by atoms with van der Waals surface area (Å²) in [5.74, 6) is 0.455. The number of fused-ring (bicyclic) bond motifs is 1. The number of nitrogen functional groups attached to an aromatic ring is 1. The Morgan fingerprint density at radius 3 is 2.95 bits per heavy atom. The molecule has 0 unspecified atom stereocenters. The lowest BCUT2D eigenvalue weighted by atomic mass is 10.1. The fourth-order valence-electron chi connectivity index (χ4n) is 2.37. The average molecular weight is 306 g/mol. The predicted molar refractivity (Wildman–Crippen MR) is 69.1 cm³/mol. The molecule has 0 aliphatic carbocycles. The molecule has 3 heterocycles. The molecule has 20 heavy (non-hydrogen) atoms. The number of aliphatic hydroxyl groups is 2. The second-order valence-electron chi connectivity index (χ2n) is 4.56. The van der Waals surface area contributed by atoms with E-state index in [1.54, 1.807) is 0 Å². The maximum Gasteiger partial charge on any atom is 0.226 e. The summed E-state index contributed by atoms with van der Waals surface area (Å²) in [6, 6.07) is 0. The van der Waals surface area contributed by atoms with Crippen molar-refractivity contribution >= 4 is 28.9 Å². The van der Waals surface area contributed by atoms with Crippen molar-refractivity contribution in [1.82, 2.24) is 9.97 Å². The molecule has 2 aliphatic rings. The molecule has 10 heteroatoms. The molecule has 8 nitrogen and oxygen atoms in total. The molecule has 4 atom stereocenters. The topological polar surface area (TPSA) is 117 Å². The SMILES string of the molecule is Nc1nc(Cl)nc2c1NCN2[C@@H]1O[C@H](CO)[C@@H](O)[C@@H]1F. The van der Waals surface area contributed by atoms with Gasteiger partial charge in [0.1, 0.15) is 17.9 Å². The van der Waals surface area contributed by atoms with E-state index < -0.39 is 31.2 Å². The Morgan fingerprint density at radius 1 is 1.55 bits per heavy atom. The highest BCUT2D eigenvalue weighted by atomic mass is 35.5. The summed E-state index contributed by atoms with van der Waals surface area (Å²) in [6.07, 6.45) is -5.14. The van der Waals surface area contributed by atoms with E-state index in [0.29, 0.717) is 11.5 Å². The van der Waals surface area contributed by atoms with E-state index in [9.17, 15) is 9.50 Å². The van der Waals surface area contributed by atoms with Gasteiger partial charge in [-0.3, -0.25) is 0 Å². The molecule has 0 amide bonds. The van der Waals surface area contributed by atoms with Crippen LogP contribution in [0.1, 0.15) is 0 Å². The van der Waals surface area contributed by atoms with Gasteiger partial charge in [0.25, 0.3) is 0 Å². The highest BCUT2D eigenvalue weighted by molar-refractivity contribution is 6.28. The molecule has 0 bridgehead atoms. The number of anilines is 3. The van der Waals surface area contributed by atoms with Crippen LogP contribution >= 0.6 is 11.6 Å². The Bertz CT molecular complexity index is 536. The van der Waals surface area contributed by atoms with Crippen LogP contribution in [-0.4, -0.2) is 58.1 Å². The van der Waals surface area contributed by atoms with E-state index in [4.69, 9.17) is 27.2 Å². The van der Waals surface area contributed by atoms with Crippen LogP contribution in [0.4, 0.5) is 21.7 Å². The Kier molecular flexibility index (Phi) is 3.28. The van der Waals surface area contributed by atoms with E-state index in [0.717, 1.165) is 0 Å². The second kappa shape index (κ2) is 4.85. The van der Waals surface area contributed by atoms with E-state index >= 15 is 0 Å². The summed E-state index contributed by atoms with van der Waals surface area (Å²) in [5, 5.41) is 21.6. The average Bonchev–Trinajstić information content (AvgIpc) is 2.93. The van der Waals surface area contributed by atoms with Gasteiger partial charge in [0.15, 0.2) is 24.0 Å². The van der Waals surface area contributed by atoms with Crippen molar-refractivity contribution in [1.29, 1.82) is 0 Å². The first kappa shape index (κ1) is 13.6. The standard InChI is InChI=1S/C10H13ClFN5O3/c11-10-15-7(13)5-8(16-10)17(2-14-5)9-4(12)6(19)3(1-18)20-9/h3-4,6,9,14,18-19H,1-2H2,(H2,13,15,16)/t3-,4+,6-,9-/m1/s1. The van der Waals surface area contributed by atoms with Gasteiger partial charge in [-0.05, 0) is 11.6 Å². The third-order valence-electron chi connectivity index (χ3n) is 3.37. The molecule has 0 aromatic carbocycles. The molecular formula is C10H13ClFN5O3. The smallest absolute Gasteiger partial charge is 0.226 e. The fourth-order valence-corrected chi connectivity index (χ4v) is 2.54. The molecule has 0 radical (unpaired) electrons. The van der Waals surface area contributed by atoms with E-state index in [2.05, 4.69) is 15.3 Å². The summed E-state index contributed by atoms with van der Waals surface area (Å²) in [7, 11) is 0. The fraction of sp³-hybridized carbons (Fsp3) is 0.600. The lowest BCUT2D eigenvalue weighted by Crippen LogP contribution is -2.42. The van der Waals surface area contributed by atoms with Crippen LogP contribution in [0.2, 0.25) is 5.28 Å². The van der Waals surface area contributed by atoms with Crippen LogP contribution in [0.25, 0.3) is 0 Å². The normalized spacial score (nSPS) is 32.3. The number of hydrogen-bond donors (Lipinski definition) is 4. The van der Waals surface area contributed by atoms with Gasteiger partial charge in [0.05, 0.1) is 13.3 Å². The van der Waals surface area contributed by atoms with Gasteiger partial charge in [0.2, 0.25) is 5.28 Å². The summed E-state index contributed by atoms with van der Waals surface area (Å²) in [6.45, 7) is -0.288. The Morgan fingerprint density at radius 2 is 2.30 bits per heavy atom. The highest BCUT2D eigenvalue weighted by Crippen LogP contribution is 2.39. The minimum atomic E-state index is -1.69. The minimum absolute atomic E-state index is 0.0670. The lowest BCUT2D eigenvalue weighted by molar-refractivity contribution is -0.0219. The summed E-state index contributed by atoms with van der Waals surface area (Å²) < 4.78 is 19.4. The van der Waals surface area contributed by atoms with Gasteiger partial charge in [-0.2, -0.15) is 9.97 Å². The van der Waals surface area contributed by atoms with Crippen molar-refractivity contribution < 1.29 is 19.3 Å². The lowest BCUT2D eigenvalue weighted by Gasteiger charge is -2.25. The van der Waals surface area contributed by atoms with Crippen LogP contribution in [0.15, 0.2) is 0 Å². The molecule has 110 valence electrons. The van der Waals surface area contributed by atoms with Gasteiger partial charge in [-0.1, -0.05) is 0 Å². The second-order valence-corrected chi connectivity index (χ2v) is 4.90. The molecule has 1 aromatic heterocycles. The van der Waals surface area contributed by atoms with Crippen LogP contribution in [0.3, 0.4) is 0 Å². The zero-order valence-corrected chi connectivity index (χ0v) is 11.0. The monoisotopic (exact) mass is 305 g/mol. The van der Waals surface area contributed by atoms with Gasteiger partial charge in [-0.15, -0.1) is 0 Å². The largest absolute Gasteiger partial charge is 0.394 e. The van der Waals surface area contributed by atoms with Crippen molar-refractivity contribution in [2.45, 2.75) is 24.6 Å². The van der Waals surface area contributed by atoms with Crippen molar-refractivity contribution in [3.8, 4) is 0 Å². The minimum Gasteiger partial charge on any atom is -0.394 e. The number of nitrogens with zero attached hydrogens (tertiary/aromatic N) is 3. The van der Waals surface area contributed by atoms with Gasteiger partial charge in [-0.25, -0.2) is 4.39 Å². The van der Waals surface area contributed by atoms with Gasteiger partial charge >= 0.3 is 0 Å². The predicted octanol–water partition coefficient (Wildman–Crippen LogP) is -0.682. The zero-order valence-electron chi connectivity index (χ0n) is 10.2. The number of nitrogens with one attached hydrogen (secondary N) is 1. The zero-order chi connectivity index (χ0) is 14.4. The van der Waals surface area contributed by atoms with Crippen LogP contribution in [0, 0.1) is 0 Å². The number of rotatable bonds is 2. The molecule has 5 N–H and O–H groups in total. The Hall–Kier alpha value is -1.42. The van der Waals surface area contributed by atoms with Crippen LogP contribution in [-0.2, 0) is 4.74 Å². The van der Waals surface area contributed by atoms with Crippen molar-refractivity contribution in [3.05, 3.63) is 5.28 Å². The first-order valence-corrected chi connectivity index (χ1v) is 6.32. The molecule has 2 aliphatic heterocycles. The van der Waals surface area contributed by atoms with Crippen molar-refractivity contribution in [2.24, 2.45) is 0 Å². The molecule has 1 fully saturated rings. The number of ether oxygens (including phenoxy) is 1. The third-order valence-corrected chi connectivity index (χ3v) is 3.54. The first-order valence-electron chi connectivity index (χ1n) is 5.95. The Balaban J connectivity index is 1.92. The molecule has 0 saturated carbocycles. The van der Waals surface area contributed by atoms with E-state index in [-0.39, 0.29) is 17.8 Å². The Labute approximate surface area is 118 Å².